The molecule has 1 aromatic carbocycles. The first-order valence-corrected chi connectivity index (χ1v) is 12.0. The van der Waals surface area contributed by atoms with Gasteiger partial charge in [-0.25, -0.2) is 4.52 Å². The van der Waals surface area contributed by atoms with Crippen LogP contribution in [0, 0.1) is 11.3 Å². The fourth-order valence-electron chi connectivity index (χ4n) is 4.75. The number of nitrogens with two attached hydrogens (primary N) is 1. The Morgan fingerprint density at radius 1 is 1.25 bits per heavy atom. The minimum Gasteiger partial charge on any atom is -0.484 e. The summed E-state index contributed by atoms with van der Waals surface area (Å²) in [4.78, 5) is 9.29. The summed E-state index contributed by atoms with van der Waals surface area (Å²) in [6.45, 7) is 5.79. The predicted octanol–water partition coefficient (Wildman–Crippen LogP) is 3.77. The number of nitrogens with zero attached hydrogens (tertiary/aromatic N) is 6. The standard InChI is InChI=1S/C27H28N8O/c1-17(33-22-7-9-30-10-8-22)26(34-29)20-11-25(27-21(12-28)14-32-35(27)16-20)36-18(2)24-15-31-13-19-5-3-4-6-23(19)24/h3-6,11,13-16,18,22,30H,7-10,29H2,1-2H3/b33-17?,34-26+. The number of nitrogens with one attached hydrogen (secondary N) is 1. The van der Waals surface area contributed by atoms with Crippen LogP contribution in [0.2, 0.25) is 0 Å². The van der Waals surface area contributed by atoms with Gasteiger partial charge in [0, 0.05) is 35.1 Å². The number of hydrogen-bond acceptors (Lipinski definition) is 8. The molecule has 0 radical (unpaired) electrons. The molecule has 1 aliphatic heterocycles. The Kier molecular flexibility index (Phi) is 6.60. The van der Waals surface area contributed by atoms with Crippen LogP contribution in [-0.4, -0.2) is 45.2 Å². The number of ether oxygens (including phenoxy) is 1. The number of aliphatic imine (C=N–C) groups is 1. The number of hydrogen-bond donors (Lipinski definition) is 2. The van der Waals surface area contributed by atoms with E-state index in [-0.39, 0.29) is 12.1 Å². The Bertz CT molecular complexity index is 1500. The van der Waals surface area contributed by atoms with Crippen molar-refractivity contribution in [3.8, 4) is 11.8 Å². The molecular formula is C27H28N8O. The number of nitriles is 1. The quantitative estimate of drug-likeness (QED) is 0.246. The van der Waals surface area contributed by atoms with Crippen molar-refractivity contribution in [2.24, 2.45) is 15.9 Å². The van der Waals surface area contributed by atoms with E-state index >= 15 is 0 Å². The maximum atomic E-state index is 9.70. The van der Waals surface area contributed by atoms with E-state index in [1.165, 1.54) is 6.20 Å². The second-order valence-corrected chi connectivity index (χ2v) is 8.94. The van der Waals surface area contributed by atoms with Gasteiger partial charge in [-0.05, 0) is 51.2 Å². The Hall–Kier alpha value is -4.29. The van der Waals surface area contributed by atoms with Crippen LogP contribution in [0.25, 0.3) is 16.3 Å². The topological polar surface area (TPSA) is 126 Å². The largest absolute Gasteiger partial charge is 0.484 e. The van der Waals surface area contributed by atoms with Gasteiger partial charge in [-0.2, -0.15) is 15.5 Å². The van der Waals surface area contributed by atoms with Gasteiger partial charge in [-0.1, -0.05) is 24.3 Å². The zero-order valence-electron chi connectivity index (χ0n) is 20.3. The minimum absolute atomic E-state index is 0.233. The fraction of sp³-hybridized carbons (Fsp3) is 0.296. The molecular weight excluding hydrogens is 452 g/mol. The van der Waals surface area contributed by atoms with Crippen molar-refractivity contribution in [2.75, 3.05) is 13.1 Å². The van der Waals surface area contributed by atoms with E-state index in [4.69, 9.17) is 15.6 Å². The molecule has 4 aromatic rings. The molecule has 1 unspecified atom stereocenters. The number of benzene rings is 1. The number of aromatic nitrogens is 3. The number of hydrazone groups is 1. The zero-order valence-corrected chi connectivity index (χ0v) is 20.3. The average molecular weight is 481 g/mol. The number of fused-ring (bicyclic) bond motifs is 2. The molecule has 1 saturated heterocycles. The van der Waals surface area contributed by atoms with Crippen LogP contribution < -0.4 is 15.9 Å². The van der Waals surface area contributed by atoms with Gasteiger partial charge in [0.15, 0.2) is 0 Å². The fourth-order valence-corrected chi connectivity index (χ4v) is 4.75. The summed E-state index contributed by atoms with van der Waals surface area (Å²) >= 11 is 0. The summed E-state index contributed by atoms with van der Waals surface area (Å²) in [6, 6.07) is 12.4. The number of pyridine rings is 2. The molecule has 5 rings (SSSR count). The average Bonchev–Trinajstić information content (AvgIpc) is 3.33. The molecule has 182 valence electrons. The van der Waals surface area contributed by atoms with Gasteiger partial charge in [-0.15, -0.1) is 0 Å². The molecule has 0 amide bonds. The lowest BCUT2D eigenvalue weighted by Crippen LogP contribution is -2.31. The second-order valence-electron chi connectivity index (χ2n) is 8.94. The van der Waals surface area contributed by atoms with Gasteiger partial charge in [0.1, 0.15) is 34.7 Å². The highest BCUT2D eigenvalue weighted by Crippen LogP contribution is 2.32. The van der Waals surface area contributed by atoms with E-state index in [1.54, 1.807) is 10.7 Å². The number of piperidine rings is 1. The van der Waals surface area contributed by atoms with Gasteiger partial charge < -0.3 is 15.9 Å². The van der Waals surface area contributed by atoms with Gasteiger partial charge in [0.05, 0.1) is 18.0 Å². The van der Waals surface area contributed by atoms with E-state index in [0.717, 1.165) is 48.0 Å². The first-order chi connectivity index (χ1) is 17.6. The molecule has 0 spiro atoms. The van der Waals surface area contributed by atoms with Crippen LogP contribution in [0.5, 0.6) is 5.75 Å². The summed E-state index contributed by atoms with van der Waals surface area (Å²) in [6.07, 6.45) is 8.60. The van der Waals surface area contributed by atoms with Crippen LogP contribution in [0.3, 0.4) is 0 Å². The van der Waals surface area contributed by atoms with Crippen molar-refractivity contribution < 1.29 is 4.74 Å². The van der Waals surface area contributed by atoms with Crippen LogP contribution in [0.4, 0.5) is 0 Å². The molecule has 1 atom stereocenters. The predicted molar refractivity (Wildman–Crippen MR) is 140 cm³/mol. The van der Waals surface area contributed by atoms with Gasteiger partial charge in [0.2, 0.25) is 0 Å². The van der Waals surface area contributed by atoms with E-state index in [0.29, 0.717) is 28.1 Å². The van der Waals surface area contributed by atoms with Gasteiger partial charge in [-0.3, -0.25) is 9.98 Å². The monoisotopic (exact) mass is 480 g/mol. The Balaban J connectivity index is 1.56. The van der Waals surface area contributed by atoms with Crippen LogP contribution in [-0.2, 0) is 0 Å². The molecule has 0 aliphatic carbocycles. The van der Waals surface area contributed by atoms with Crippen LogP contribution >= 0.6 is 0 Å². The summed E-state index contributed by atoms with van der Waals surface area (Å²) in [5, 5.41) is 23.6. The Labute approximate surface area is 209 Å². The molecule has 9 heteroatoms. The van der Waals surface area contributed by atoms with Crippen LogP contribution in [0.15, 0.2) is 65.2 Å². The van der Waals surface area contributed by atoms with Crippen molar-refractivity contribution in [3.63, 3.8) is 0 Å². The maximum Gasteiger partial charge on any atom is 0.148 e. The first-order valence-electron chi connectivity index (χ1n) is 12.0. The maximum absolute atomic E-state index is 9.70. The Morgan fingerprint density at radius 3 is 2.83 bits per heavy atom. The second kappa shape index (κ2) is 10.1. The molecule has 4 heterocycles. The third kappa shape index (κ3) is 4.51. The lowest BCUT2D eigenvalue weighted by Gasteiger charge is -2.20. The highest BCUT2D eigenvalue weighted by molar-refractivity contribution is 6.47. The normalized spacial score (nSPS) is 16.2. The molecule has 3 aromatic heterocycles. The highest BCUT2D eigenvalue weighted by atomic mass is 16.5. The van der Waals surface area contributed by atoms with Crippen molar-refractivity contribution in [3.05, 3.63) is 71.8 Å². The highest BCUT2D eigenvalue weighted by Gasteiger charge is 2.21. The molecule has 3 N–H and O–H groups in total. The summed E-state index contributed by atoms with van der Waals surface area (Å²) in [5.74, 6) is 6.37. The third-order valence-electron chi connectivity index (χ3n) is 6.57. The van der Waals surface area contributed by atoms with Crippen molar-refractivity contribution in [1.82, 2.24) is 19.9 Å². The van der Waals surface area contributed by atoms with Gasteiger partial charge in [0.25, 0.3) is 0 Å². The van der Waals surface area contributed by atoms with E-state index < -0.39 is 0 Å². The molecule has 0 saturated carbocycles. The SMILES string of the molecule is CC(=NC1CCNCC1)/C(=N\N)c1cc(OC(C)c2cncc3ccccc23)c2c(C#N)cnn2c1. The van der Waals surface area contributed by atoms with E-state index in [2.05, 4.69) is 32.6 Å². The lowest BCUT2D eigenvalue weighted by molar-refractivity contribution is 0.230. The van der Waals surface area contributed by atoms with Gasteiger partial charge >= 0.3 is 0 Å². The summed E-state index contributed by atoms with van der Waals surface area (Å²) in [7, 11) is 0. The summed E-state index contributed by atoms with van der Waals surface area (Å²) in [5.41, 5.74) is 4.00. The Morgan fingerprint density at radius 2 is 2.06 bits per heavy atom. The molecule has 1 aliphatic rings. The van der Waals surface area contributed by atoms with Crippen LogP contribution in [0.1, 0.15) is 49.5 Å². The smallest absolute Gasteiger partial charge is 0.148 e. The molecule has 9 nitrogen and oxygen atoms in total. The van der Waals surface area contributed by atoms with Crippen molar-refractivity contribution in [1.29, 1.82) is 5.26 Å². The molecule has 1 fully saturated rings. The first kappa shape index (κ1) is 23.5. The lowest BCUT2D eigenvalue weighted by atomic mass is 10.0. The number of rotatable bonds is 6. The van der Waals surface area contributed by atoms with E-state index in [9.17, 15) is 5.26 Å². The minimum atomic E-state index is -0.341. The zero-order chi connectivity index (χ0) is 25.1. The summed E-state index contributed by atoms with van der Waals surface area (Å²) < 4.78 is 8.13. The van der Waals surface area contributed by atoms with Crippen molar-refractivity contribution in [2.45, 2.75) is 38.8 Å². The van der Waals surface area contributed by atoms with E-state index in [1.807, 2.05) is 50.5 Å². The third-order valence-corrected chi connectivity index (χ3v) is 6.57. The molecule has 0 bridgehead atoms. The van der Waals surface area contributed by atoms with Crippen molar-refractivity contribution >= 4 is 27.7 Å². The molecule has 36 heavy (non-hydrogen) atoms.